The fourth-order valence-electron chi connectivity index (χ4n) is 3.22. The molecule has 3 aliphatic rings. The normalized spacial score (nSPS) is 37.0. The van der Waals surface area contributed by atoms with Gasteiger partial charge in [-0.05, 0) is 19.3 Å². The van der Waals surface area contributed by atoms with Crippen molar-refractivity contribution in [3.8, 4) is 0 Å². The smallest absolute Gasteiger partial charge is 0.226 e. The predicted molar refractivity (Wildman–Crippen MR) is 53.9 cm³/mol. The standard InChI is InChI=1S/C11H18N2O/c14-11(8-3-1-2-4-8)13-9-5-10(13)7-12-6-9/h8-10,12H,1-7H2. The van der Waals surface area contributed by atoms with Crippen LogP contribution in [0.4, 0.5) is 0 Å². The summed E-state index contributed by atoms with van der Waals surface area (Å²) in [6.45, 7) is 2.05. The number of rotatable bonds is 1. The van der Waals surface area contributed by atoms with Crippen LogP contribution in [0, 0.1) is 5.92 Å². The van der Waals surface area contributed by atoms with Crippen molar-refractivity contribution < 1.29 is 4.79 Å². The number of piperidine rings is 1. The van der Waals surface area contributed by atoms with E-state index in [1.807, 2.05) is 0 Å². The Morgan fingerprint density at radius 1 is 1.14 bits per heavy atom. The average molecular weight is 194 g/mol. The average Bonchev–Trinajstić information content (AvgIpc) is 2.71. The van der Waals surface area contributed by atoms with Crippen LogP contribution >= 0.6 is 0 Å². The van der Waals surface area contributed by atoms with Gasteiger partial charge < -0.3 is 10.2 Å². The van der Waals surface area contributed by atoms with Gasteiger partial charge in [0, 0.05) is 31.1 Å². The second kappa shape index (κ2) is 3.23. The summed E-state index contributed by atoms with van der Waals surface area (Å²) in [5.74, 6) is 0.837. The van der Waals surface area contributed by atoms with Crippen molar-refractivity contribution in [2.75, 3.05) is 13.1 Å². The van der Waals surface area contributed by atoms with Gasteiger partial charge in [-0.2, -0.15) is 0 Å². The van der Waals surface area contributed by atoms with E-state index in [0.29, 0.717) is 23.9 Å². The first-order valence-corrected chi connectivity index (χ1v) is 5.89. The van der Waals surface area contributed by atoms with E-state index in [0.717, 1.165) is 25.9 Å². The zero-order valence-electron chi connectivity index (χ0n) is 8.54. The Morgan fingerprint density at radius 3 is 2.36 bits per heavy atom. The number of carbonyl (C=O) groups excluding carboxylic acids is 1. The van der Waals surface area contributed by atoms with E-state index in [-0.39, 0.29) is 0 Å². The summed E-state index contributed by atoms with van der Waals surface area (Å²) >= 11 is 0. The van der Waals surface area contributed by atoms with Crippen molar-refractivity contribution in [3.05, 3.63) is 0 Å². The Bertz CT molecular complexity index is 234. The van der Waals surface area contributed by atoms with Gasteiger partial charge in [0.1, 0.15) is 0 Å². The Balaban J connectivity index is 1.67. The lowest BCUT2D eigenvalue weighted by atomic mass is 9.86. The third kappa shape index (κ3) is 1.18. The van der Waals surface area contributed by atoms with Crippen LogP contribution in [-0.2, 0) is 4.79 Å². The minimum absolute atomic E-state index is 0.374. The highest BCUT2D eigenvalue weighted by Crippen LogP contribution is 2.34. The van der Waals surface area contributed by atoms with E-state index in [2.05, 4.69) is 10.2 Å². The van der Waals surface area contributed by atoms with Crippen LogP contribution in [0.2, 0.25) is 0 Å². The molecule has 2 atom stereocenters. The van der Waals surface area contributed by atoms with E-state index in [4.69, 9.17) is 0 Å². The van der Waals surface area contributed by atoms with E-state index in [1.165, 1.54) is 19.3 Å². The zero-order chi connectivity index (χ0) is 9.54. The SMILES string of the molecule is O=C(C1CCCC1)N1C2CNCC1C2. The largest absolute Gasteiger partial charge is 0.334 e. The Labute approximate surface area is 84.8 Å². The zero-order valence-corrected chi connectivity index (χ0v) is 8.54. The Hall–Kier alpha value is -0.570. The number of nitrogens with one attached hydrogen (secondary N) is 1. The van der Waals surface area contributed by atoms with Crippen molar-refractivity contribution >= 4 is 5.91 Å². The number of piperazine rings is 1. The maximum absolute atomic E-state index is 12.1. The molecule has 3 fully saturated rings. The molecule has 2 saturated heterocycles. The van der Waals surface area contributed by atoms with Crippen LogP contribution in [-0.4, -0.2) is 36.0 Å². The van der Waals surface area contributed by atoms with Crippen LogP contribution in [0.5, 0.6) is 0 Å². The van der Waals surface area contributed by atoms with Gasteiger partial charge in [-0.25, -0.2) is 0 Å². The number of amides is 1. The predicted octanol–water partition coefficient (Wildman–Crippen LogP) is 0.749. The van der Waals surface area contributed by atoms with Crippen LogP contribution in [0.1, 0.15) is 32.1 Å². The fourth-order valence-corrected chi connectivity index (χ4v) is 3.22. The second-order valence-corrected chi connectivity index (χ2v) is 4.93. The van der Waals surface area contributed by atoms with Gasteiger partial charge in [0.05, 0.1) is 0 Å². The Kier molecular flexibility index (Phi) is 2.01. The van der Waals surface area contributed by atoms with Crippen molar-refractivity contribution in [2.24, 2.45) is 5.92 Å². The number of fused-ring (bicyclic) bond motifs is 2. The number of carbonyl (C=O) groups is 1. The third-order valence-electron chi connectivity index (χ3n) is 4.05. The van der Waals surface area contributed by atoms with Crippen LogP contribution in [0.15, 0.2) is 0 Å². The summed E-state index contributed by atoms with van der Waals surface area (Å²) in [6.07, 6.45) is 6.05. The number of hydrogen-bond donors (Lipinski definition) is 1. The molecule has 1 N–H and O–H groups in total. The molecule has 3 rings (SSSR count). The van der Waals surface area contributed by atoms with Crippen LogP contribution in [0.3, 0.4) is 0 Å². The van der Waals surface area contributed by atoms with E-state index >= 15 is 0 Å². The summed E-state index contributed by atoms with van der Waals surface area (Å²) in [7, 11) is 0. The van der Waals surface area contributed by atoms with Gasteiger partial charge in [-0.15, -0.1) is 0 Å². The number of nitrogens with zero attached hydrogens (tertiary/aromatic N) is 1. The Morgan fingerprint density at radius 2 is 1.79 bits per heavy atom. The number of hydrogen-bond acceptors (Lipinski definition) is 2. The summed E-state index contributed by atoms with van der Waals surface area (Å²) in [5, 5.41) is 3.37. The van der Waals surface area contributed by atoms with E-state index in [1.54, 1.807) is 0 Å². The molecule has 0 radical (unpaired) electrons. The van der Waals surface area contributed by atoms with Crippen molar-refractivity contribution in [1.29, 1.82) is 0 Å². The lowest BCUT2D eigenvalue weighted by Crippen LogP contribution is -2.70. The molecule has 3 heteroatoms. The van der Waals surface area contributed by atoms with Crippen molar-refractivity contribution in [1.82, 2.24) is 10.2 Å². The molecule has 2 bridgehead atoms. The quantitative estimate of drug-likeness (QED) is 0.668. The van der Waals surface area contributed by atoms with Crippen LogP contribution < -0.4 is 5.32 Å². The maximum Gasteiger partial charge on any atom is 0.226 e. The molecule has 0 spiro atoms. The molecule has 3 nitrogen and oxygen atoms in total. The van der Waals surface area contributed by atoms with Gasteiger partial charge in [0.15, 0.2) is 0 Å². The van der Waals surface area contributed by atoms with E-state index < -0.39 is 0 Å². The molecule has 1 amide bonds. The highest BCUT2D eigenvalue weighted by atomic mass is 16.2. The molecular formula is C11H18N2O. The first kappa shape index (κ1) is 8.72. The van der Waals surface area contributed by atoms with Gasteiger partial charge in [-0.1, -0.05) is 12.8 Å². The molecule has 1 aliphatic carbocycles. The molecule has 0 aromatic heterocycles. The lowest BCUT2D eigenvalue weighted by Gasteiger charge is -2.53. The highest BCUT2D eigenvalue weighted by Gasteiger charge is 2.46. The second-order valence-electron chi connectivity index (χ2n) is 4.93. The molecule has 0 aromatic rings. The fraction of sp³-hybridized carbons (Fsp3) is 0.909. The molecule has 2 aliphatic heterocycles. The summed E-state index contributed by atoms with van der Waals surface area (Å²) in [4.78, 5) is 14.3. The minimum atomic E-state index is 0.374. The highest BCUT2D eigenvalue weighted by molar-refractivity contribution is 5.80. The van der Waals surface area contributed by atoms with Gasteiger partial charge >= 0.3 is 0 Å². The molecule has 14 heavy (non-hydrogen) atoms. The van der Waals surface area contributed by atoms with Gasteiger partial charge in [0.2, 0.25) is 5.91 Å². The monoisotopic (exact) mass is 194 g/mol. The first-order valence-electron chi connectivity index (χ1n) is 5.89. The third-order valence-corrected chi connectivity index (χ3v) is 4.05. The molecule has 2 unspecified atom stereocenters. The molecule has 0 aromatic carbocycles. The lowest BCUT2D eigenvalue weighted by molar-refractivity contribution is -0.151. The van der Waals surface area contributed by atoms with Crippen molar-refractivity contribution in [2.45, 2.75) is 44.2 Å². The molecule has 2 heterocycles. The topological polar surface area (TPSA) is 32.3 Å². The van der Waals surface area contributed by atoms with Crippen LogP contribution in [0.25, 0.3) is 0 Å². The maximum atomic E-state index is 12.1. The molecule has 1 saturated carbocycles. The summed E-state index contributed by atoms with van der Waals surface area (Å²) < 4.78 is 0. The van der Waals surface area contributed by atoms with E-state index in [9.17, 15) is 4.79 Å². The van der Waals surface area contributed by atoms with Gasteiger partial charge in [0.25, 0.3) is 0 Å². The van der Waals surface area contributed by atoms with Gasteiger partial charge in [-0.3, -0.25) is 4.79 Å². The minimum Gasteiger partial charge on any atom is -0.334 e. The van der Waals surface area contributed by atoms with Crippen molar-refractivity contribution in [3.63, 3.8) is 0 Å². The summed E-state index contributed by atoms with van der Waals surface area (Å²) in [5.41, 5.74) is 0. The molecule has 78 valence electrons. The summed E-state index contributed by atoms with van der Waals surface area (Å²) in [6, 6.07) is 1.06. The molecular weight excluding hydrogens is 176 g/mol. The first-order chi connectivity index (χ1) is 6.86.